The topological polar surface area (TPSA) is 45.5 Å². The molecular weight excluding hydrogens is 388 g/mol. The van der Waals surface area contributed by atoms with Crippen LogP contribution < -0.4 is 0 Å². The highest BCUT2D eigenvalue weighted by Crippen LogP contribution is 2.32. The Bertz CT molecular complexity index is 876. The summed E-state index contributed by atoms with van der Waals surface area (Å²) in [6.45, 7) is 2.12. The molecule has 0 aliphatic rings. The first-order valence-corrected chi connectivity index (χ1v) is 9.36. The minimum atomic E-state index is 0.136. The number of rotatable bonds is 6. The van der Waals surface area contributed by atoms with E-state index in [0.717, 1.165) is 15.7 Å². The molecule has 3 rings (SSSR count). The minimum absolute atomic E-state index is 0.136. The molecular formula is C22H21BrN2O. The predicted octanol–water partition coefficient (Wildman–Crippen LogP) is 5.75. The number of hydrogen-bond donors (Lipinski definition) is 1. The number of hydrogen-bond acceptors (Lipinski definition) is 3. The van der Waals surface area contributed by atoms with Crippen molar-refractivity contribution in [1.82, 2.24) is 4.98 Å². The zero-order valence-corrected chi connectivity index (χ0v) is 16.2. The van der Waals surface area contributed by atoms with E-state index < -0.39 is 0 Å². The summed E-state index contributed by atoms with van der Waals surface area (Å²) in [7, 11) is 0. The highest BCUT2D eigenvalue weighted by Gasteiger charge is 2.19. The largest absolute Gasteiger partial charge is 0.411 e. The van der Waals surface area contributed by atoms with Gasteiger partial charge < -0.3 is 5.21 Å². The molecule has 0 fully saturated rings. The summed E-state index contributed by atoms with van der Waals surface area (Å²) >= 11 is 3.50. The second kappa shape index (κ2) is 8.77. The first kappa shape index (κ1) is 18.3. The molecule has 0 bridgehead atoms. The third kappa shape index (κ3) is 4.58. The van der Waals surface area contributed by atoms with Crippen LogP contribution in [0, 0.1) is 6.92 Å². The van der Waals surface area contributed by atoms with Crippen LogP contribution in [0.3, 0.4) is 0 Å². The predicted molar refractivity (Wildman–Crippen MR) is 109 cm³/mol. The smallest absolute Gasteiger partial charge is 0.0623 e. The van der Waals surface area contributed by atoms with Crippen LogP contribution in [-0.4, -0.2) is 15.9 Å². The Morgan fingerprint density at radius 3 is 2.38 bits per heavy atom. The number of benzene rings is 2. The van der Waals surface area contributed by atoms with Gasteiger partial charge in [-0.1, -0.05) is 57.5 Å². The van der Waals surface area contributed by atoms with Gasteiger partial charge in [0.05, 0.1) is 5.71 Å². The monoisotopic (exact) mass is 408 g/mol. The number of aromatic nitrogens is 1. The summed E-state index contributed by atoms with van der Waals surface area (Å²) in [5, 5.41) is 13.2. The van der Waals surface area contributed by atoms with E-state index >= 15 is 0 Å². The van der Waals surface area contributed by atoms with Crippen LogP contribution in [0.2, 0.25) is 0 Å². The van der Waals surface area contributed by atoms with Crippen LogP contribution >= 0.6 is 15.9 Å². The van der Waals surface area contributed by atoms with Crippen LogP contribution in [0.15, 0.2) is 82.7 Å². The molecule has 4 heteroatoms. The first-order valence-electron chi connectivity index (χ1n) is 8.57. The molecule has 2 aromatic carbocycles. The van der Waals surface area contributed by atoms with Crippen molar-refractivity contribution in [1.29, 1.82) is 0 Å². The van der Waals surface area contributed by atoms with Gasteiger partial charge >= 0.3 is 0 Å². The second-order valence-corrected chi connectivity index (χ2v) is 7.28. The molecule has 0 unspecified atom stereocenters. The molecule has 0 radical (unpaired) electrons. The van der Waals surface area contributed by atoms with Crippen LogP contribution in [0.1, 0.15) is 34.6 Å². The fourth-order valence-corrected chi connectivity index (χ4v) is 3.46. The lowest BCUT2D eigenvalue weighted by Crippen LogP contribution is -2.12. The average Bonchev–Trinajstić information content (AvgIpc) is 2.67. The first-order chi connectivity index (χ1) is 12.7. The summed E-state index contributed by atoms with van der Waals surface area (Å²) < 4.78 is 1.05. The lowest BCUT2D eigenvalue weighted by molar-refractivity contribution is 0.316. The lowest BCUT2D eigenvalue weighted by Gasteiger charge is -2.21. The molecule has 3 nitrogen and oxygen atoms in total. The van der Waals surface area contributed by atoms with Crippen LogP contribution in [0.25, 0.3) is 0 Å². The zero-order valence-electron chi connectivity index (χ0n) is 14.6. The Morgan fingerprint density at radius 2 is 1.73 bits per heavy atom. The Labute approximate surface area is 162 Å². The Kier molecular flexibility index (Phi) is 6.18. The van der Waals surface area contributed by atoms with Gasteiger partial charge in [-0.2, -0.15) is 0 Å². The van der Waals surface area contributed by atoms with Crippen molar-refractivity contribution in [3.8, 4) is 0 Å². The standard InChI is InChI=1S/C22H21BrN2O/c1-16-4-2-3-5-21(16)22(18-6-8-19(23)9-7-18)15-20(25-26)14-17-10-12-24-13-11-17/h2-13,22,26H,14-15H2,1H3/t22-/m1/s1. The molecule has 132 valence electrons. The molecule has 1 heterocycles. The van der Waals surface area contributed by atoms with Gasteiger partial charge in [-0.25, -0.2) is 0 Å². The van der Waals surface area contributed by atoms with Crippen molar-refractivity contribution in [2.75, 3.05) is 0 Å². The van der Waals surface area contributed by atoms with Gasteiger partial charge in [0, 0.05) is 35.6 Å². The van der Waals surface area contributed by atoms with Gasteiger partial charge in [0.1, 0.15) is 0 Å². The lowest BCUT2D eigenvalue weighted by atomic mass is 9.84. The average molecular weight is 409 g/mol. The van der Waals surface area contributed by atoms with E-state index in [0.29, 0.717) is 12.8 Å². The number of nitrogens with zero attached hydrogens (tertiary/aromatic N) is 2. The fraction of sp³-hybridized carbons (Fsp3) is 0.182. The summed E-state index contributed by atoms with van der Waals surface area (Å²) in [6.07, 6.45) is 4.79. The molecule has 0 spiro atoms. The van der Waals surface area contributed by atoms with Crippen molar-refractivity contribution in [3.05, 3.63) is 99.8 Å². The number of pyridine rings is 1. The van der Waals surface area contributed by atoms with Gasteiger partial charge in [0.15, 0.2) is 0 Å². The molecule has 3 aromatic rings. The molecule has 26 heavy (non-hydrogen) atoms. The van der Waals surface area contributed by atoms with Crippen LogP contribution in [0.4, 0.5) is 0 Å². The Morgan fingerprint density at radius 1 is 1.04 bits per heavy atom. The third-order valence-corrected chi connectivity index (χ3v) is 5.10. The SMILES string of the molecule is Cc1ccccc1[C@H](CC(Cc1ccncc1)=NO)c1ccc(Br)cc1. The molecule has 0 aliphatic carbocycles. The van der Waals surface area contributed by atoms with E-state index in [2.05, 4.69) is 81.5 Å². The Hall–Kier alpha value is -2.46. The van der Waals surface area contributed by atoms with E-state index in [1.165, 1.54) is 16.7 Å². The van der Waals surface area contributed by atoms with E-state index in [1.54, 1.807) is 12.4 Å². The highest BCUT2D eigenvalue weighted by atomic mass is 79.9. The van der Waals surface area contributed by atoms with Gasteiger partial charge in [-0.05, 0) is 53.4 Å². The van der Waals surface area contributed by atoms with E-state index in [4.69, 9.17) is 0 Å². The molecule has 0 saturated heterocycles. The number of aryl methyl sites for hydroxylation is 1. The van der Waals surface area contributed by atoms with E-state index in [-0.39, 0.29) is 5.92 Å². The normalized spacial score (nSPS) is 12.8. The number of halogens is 1. The molecule has 0 saturated carbocycles. The molecule has 1 aromatic heterocycles. The number of oxime groups is 1. The van der Waals surface area contributed by atoms with Gasteiger partial charge in [0.2, 0.25) is 0 Å². The van der Waals surface area contributed by atoms with E-state index in [9.17, 15) is 5.21 Å². The van der Waals surface area contributed by atoms with Crippen molar-refractivity contribution in [3.63, 3.8) is 0 Å². The van der Waals surface area contributed by atoms with Gasteiger partial charge in [0.25, 0.3) is 0 Å². The van der Waals surface area contributed by atoms with Crippen molar-refractivity contribution in [2.24, 2.45) is 5.16 Å². The highest BCUT2D eigenvalue weighted by molar-refractivity contribution is 9.10. The molecule has 1 atom stereocenters. The summed E-state index contributed by atoms with van der Waals surface area (Å²) in [5.41, 5.74) is 5.55. The Balaban J connectivity index is 1.92. The molecule has 0 aliphatic heterocycles. The minimum Gasteiger partial charge on any atom is -0.411 e. The zero-order chi connectivity index (χ0) is 18.4. The van der Waals surface area contributed by atoms with Crippen LogP contribution in [0.5, 0.6) is 0 Å². The van der Waals surface area contributed by atoms with Gasteiger partial charge in [-0.3, -0.25) is 4.98 Å². The van der Waals surface area contributed by atoms with Crippen molar-refractivity contribution < 1.29 is 5.21 Å². The quantitative estimate of drug-likeness (QED) is 0.320. The maximum atomic E-state index is 9.61. The van der Waals surface area contributed by atoms with Crippen LogP contribution in [-0.2, 0) is 6.42 Å². The van der Waals surface area contributed by atoms with Crippen molar-refractivity contribution in [2.45, 2.75) is 25.7 Å². The fourth-order valence-electron chi connectivity index (χ4n) is 3.20. The second-order valence-electron chi connectivity index (χ2n) is 6.36. The van der Waals surface area contributed by atoms with Gasteiger partial charge in [-0.15, -0.1) is 0 Å². The summed E-state index contributed by atoms with van der Waals surface area (Å²) in [6, 6.07) is 20.7. The van der Waals surface area contributed by atoms with E-state index in [1.807, 2.05) is 12.1 Å². The summed E-state index contributed by atoms with van der Waals surface area (Å²) in [5.74, 6) is 0.136. The third-order valence-electron chi connectivity index (χ3n) is 4.57. The maximum absolute atomic E-state index is 9.61. The summed E-state index contributed by atoms with van der Waals surface area (Å²) in [4.78, 5) is 4.05. The molecule has 0 amide bonds. The van der Waals surface area contributed by atoms with Crippen molar-refractivity contribution >= 4 is 21.6 Å². The molecule has 1 N–H and O–H groups in total. The maximum Gasteiger partial charge on any atom is 0.0623 e.